The third-order valence-electron chi connectivity index (χ3n) is 1.08. The van der Waals surface area contributed by atoms with Crippen LogP contribution in [0.15, 0.2) is 24.3 Å². The van der Waals surface area contributed by atoms with Crippen LogP contribution in [0.1, 0.15) is 0 Å². The lowest BCUT2D eigenvalue weighted by Crippen LogP contribution is -1.91. The van der Waals surface area contributed by atoms with E-state index < -0.39 is 10.4 Å². The highest BCUT2D eigenvalue weighted by Gasteiger charge is 2.07. The van der Waals surface area contributed by atoms with Crippen molar-refractivity contribution in [3.8, 4) is 0 Å². The lowest BCUT2D eigenvalue weighted by molar-refractivity contribution is 0.352. The monoisotopic (exact) mass is 228 g/mol. The Morgan fingerprint density at radius 2 is 1.13 bits per heavy atom. The summed E-state index contributed by atoms with van der Waals surface area (Å²) >= 11 is 0. The van der Waals surface area contributed by atoms with E-state index in [0.717, 1.165) is 0 Å². The molecule has 9 heteroatoms. The van der Waals surface area contributed by atoms with Gasteiger partial charge in [0, 0.05) is 34.7 Å². The maximum Gasteiger partial charge on any atom is 0.385 e. The van der Waals surface area contributed by atoms with E-state index >= 15 is 0 Å². The molecule has 78 valence electrons. The van der Waals surface area contributed by atoms with Gasteiger partial charge in [0.2, 0.25) is 10.8 Å². The van der Waals surface area contributed by atoms with Gasteiger partial charge in [-0.1, -0.05) is 0 Å². The molecule has 0 aromatic heterocycles. The number of hydrogen-bond acceptors (Lipinski definition) is 6. The van der Waals surface area contributed by atoms with Gasteiger partial charge < -0.3 is 9.11 Å². The first-order valence-corrected chi connectivity index (χ1v) is 4.67. The van der Waals surface area contributed by atoms with Crippen LogP contribution in [-0.2, 0) is 10.4 Å². The molecule has 0 spiro atoms. The summed E-state index contributed by atoms with van der Waals surface area (Å²) in [6.45, 7) is 0. The molecular formula is C6H4N4O4S. The second-order valence-electron chi connectivity index (χ2n) is 2.12. The molecule has 0 amide bonds. The van der Waals surface area contributed by atoms with E-state index in [9.17, 15) is 0 Å². The van der Waals surface area contributed by atoms with E-state index in [1.54, 1.807) is 0 Å². The van der Waals surface area contributed by atoms with Crippen molar-refractivity contribution in [1.82, 2.24) is 0 Å². The zero-order valence-electron chi connectivity index (χ0n) is 7.14. The highest BCUT2D eigenvalue weighted by atomic mass is 32.3. The molecule has 1 aromatic carbocycles. The molecule has 1 aromatic rings. The largest absolute Gasteiger partial charge is 0.759 e. The minimum Gasteiger partial charge on any atom is -0.759 e. The van der Waals surface area contributed by atoms with Gasteiger partial charge in [0.15, 0.2) is 9.95 Å². The quantitative estimate of drug-likeness (QED) is 0.373. The Morgan fingerprint density at radius 3 is 1.27 bits per heavy atom. The maximum atomic E-state index is 8.52. The minimum atomic E-state index is -5.17. The molecule has 0 bridgehead atoms. The van der Waals surface area contributed by atoms with Gasteiger partial charge in [-0.15, -0.1) is 0 Å². The molecule has 0 saturated carbocycles. The summed E-state index contributed by atoms with van der Waals surface area (Å²) in [6.07, 6.45) is 0. The summed E-state index contributed by atoms with van der Waals surface area (Å²) in [6, 6.07) is 6.15. The van der Waals surface area contributed by atoms with Crippen LogP contribution in [0.2, 0.25) is 0 Å². The zero-order valence-corrected chi connectivity index (χ0v) is 7.96. The maximum absolute atomic E-state index is 8.52. The third kappa shape index (κ3) is 8.27. The van der Waals surface area contributed by atoms with Crippen molar-refractivity contribution in [1.29, 1.82) is 10.8 Å². The van der Waals surface area contributed by atoms with E-state index in [-0.39, 0.29) is 0 Å². The Labute approximate surface area is 85.0 Å². The Balaban J connectivity index is 0.000000336. The van der Waals surface area contributed by atoms with Crippen molar-refractivity contribution in [3.05, 3.63) is 34.2 Å². The molecule has 0 heterocycles. The molecule has 8 nitrogen and oxygen atoms in total. The molecule has 15 heavy (non-hydrogen) atoms. The smallest absolute Gasteiger partial charge is 0.385 e. The third-order valence-corrected chi connectivity index (χ3v) is 1.08. The molecule has 0 aliphatic heterocycles. The molecule has 0 aliphatic rings. The standard InChI is InChI=1S/C6H4N4.H2O4S/c7-9-5-1-2-6(10-8)4-3-5;1-5(2,3)4/h1-4H;(H2,1,2,3,4)/q+2;/p-2. The first-order valence-electron chi connectivity index (χ1n) is 3.34. The van der Waals surface area contributed by atoms with Crippen LogP contribution in [0.25, 0.3) is 9.95 Å². The van der Waals surface area contributed by atoms with Crippen molar-refractivity contribution in [2.75, 3.05) is 0 Å². The predicted octanol–water partition coefficient (Wildman–Crippen LogP) is 1.32. The van der Waals surface area contributed by atoms with Gasteiger partial charge >= 0.3 is 11.4 Å². The van der Waals surface area contributed by atoms with E-state index in [1.165, 1.54) is 24.3 Å². The van der Waals surface area contributed by atoms with Gasteiger partial charge in [0.25, 0.3) is 0 Å². The summed E-state index contributed by atoms with van der Waals surface area (Å²) in [5.41, 5.74) is 0.875. The SMILES string of the molecule is N#[N+]c1ccc([N+]#N)cc1.O=S(=O)([O-])[O-]. The summed E-state index contributed by atoms with van der Waals surface area (Å²) in [5.74, 6) is 0. The van der Waals surface area contributed by atoms with Crippen LogP contribution in [0.3, 0.4) is 0 Å². The van der Waals surface area contributed by atoms with Crippen molar-refractivity contribution in [3.63, 3.8) is 0 Å². The number of rotatable bonds is 0. The molecule has 0 radical (unpaired) electrons. The Hall–Kier alpha value is -2.07. The number of benzene rings is 1. The second-order valence-corrected chi connectivity index (χ2v) is 2.94. The average Bonchev–Trinajstić information content (AvgIpc) is 2.15. The highest BCUT2D eigenvalue weighted by molar-refractivity contribution is 7.79. The molecule has 0 saturated heterocycles. The van der Waals surface area contributed by atoms with Gasteiger partial charge in [0.1, 0.15) is 0 Å². The van der Waals surface area contributed by atoms with Crippen LogP contribution in [0, 0.1) is 10.8 Å². The number of diazo groups is 2. The molecule has 0 atom stereocenters. The number of nitrogens with zero attached hydrogens (tertiary/aromatic N) is 4. The Morgan fingerprint density at radius 1 is 0.933 bits per heavy atom. The second kappa shape index (κ2) is 5.62. The normalized spacial score (nSPS) is 9.07. The summed E-state index contributed by atoms with van der Waals surface area (Å²) in [4.78, 5) is 5.85. The van der Waals surface area contributed by atoms with Crippen molar-refractivity contribution >= 4 is 21.8 Å². The molecule has 0 unspecified atom stereocenters. The highest BCUT2D eigenvalue weighted by Crippen LogP contribution is 2.17. The first-order chi connectivity index (χ1) is 6.86. The molecule has 0 aliphatic carbocycles. The van der Waals surface area contributed by atoms with Crippen molar-refractivity contribution < 1.29 is 17.5 Å². The van der Waals surface area contributed by atoms with Gasteiger partial charge in [-0.25, -0.2) is 0 Å². The Kier molecular flexibility index (Phi) is 4.84. The van der Waals surface area contributed by atoms with Crippen LogP contribution in [-0.4, -0.2) is 17.5 Å². The Bertz CT molecular complexity index is 454. The lowest BCUT2D eigenvalue weighted by Gasteiger charge is -2.06. The molecule has 0 N–H and O–H groups in total. The molecule has 0 fully saturated rings. The number of hydrogen-bond donors (Lipinski definition) is 0. The fraction of sp³-hybridized carbons (Fsp3) is 0. The summed E-state index contributed by atoms with van der Waals surface area (Å²) in [5, 5.41) is 16.5. The van der Waals surface area contributed by atoms with Crippen LogP contribution in [0.5, 0.6) is 0 Å². The molecular weight excluding hydrogens is 224 g/mol. The lowest BCUT2D eigenvalue weighted by atomic mass is 10.3. The van der Waals surface area contributed by atoms with Crippen LogP contribution < -0.4 is 0 Å². The van der Waals surface area contributed by atoms with Crippen LogP contribution in [0.4, 0.5) is 11.4 Å². The van der Waals surface area contributed by atoms with Gasteiger partial charge in [0.05, 0.1) is 0 Å². The van der Waals surface area contributed by atoms with E-state index in [2.05, 4.69) is 9.95 Å². The van der Waals surface area contributed by atoms with Crippen LogP contribution >= 0.6 is 0 Å². The zero-order chi connectivity index (χ0) is 11.9. The molecule has 1 rings (SSSR count). The van der Waals surface area contributed by atoms with Crippen molar-refractivity contribution in [2.24, 2.45) is 0 Å². The van der Waals surface area contributed by atoms with E-state index in [0.29, 0.717) is 11.4 Å². The van der Waals surface area contributed by atoms with Gasteiger partial charge in [-0.05, 0) is 0 Å². The minimum absolute atomic E-state index is 0.437. The fourth-order valence-electron chi connectivity index (χ4n) is 0.586. The predicted molar refractivity (Wildman–Crippen MR) is 46.4 cm³/mol. The van der Waals surface area contributed by atoms with Gasteiger partial charge in [-0.3, -0.25) is 8.42 Å². The summed E-state index contributed by atoms with van der Waals surface area (Å²) < 4.78 is 34.1. The fourth-order valence-corrected chi connectivity index (χ4v) is 0.586. The van der Waals surface area contributed by atoms with Crippen molar-refractivity contribution in [2.45, 2.75) is 0 Å². The topological polar surface area (TPSA) is 137 Å². The van der Waals surface area contributed by atoms with E-state index in [4.69, 9.17) is 28.3 Å². The van der Waals surface area contributed by atoms with E-state index in [1.807, 2.05) is 0 Å². The van der Waals surface area contributed by atoms with Gasteiger partial charge in [-0.2, -0.15) is 0 Å². The first kappa shape index (κ1) is 12.9. The average molecular weight is 228 g/mol. The summed E-state index contributed by atoms with van der Waals surface area (Å²) in [7, 11) is -5.17.